The zero-order valence-corrected chi connectivity index (χ0v) is 11.0. The van der Waals surface area contributed by atoms with Gasteiger partial charge in [-0.05, 0) is 25.3 Å². The van der Waals surface area contributed by atoms with E-state index in [1.807, 2.05) is 6.07 Å². The molecule has 1 aliphatic carbocycles. The summed E-state index contributed by atoms with van der Waals surface area (Å²) in [6.45, 7) is 2.21. The molecule has 1 aromatic rings. The lowest BCUT2D eigenvalue weighted by atomic mass is 9.82. The molecule has 4 atom stereocenters. The second-order valence-electron chi connectivity index (χ2n) is 5.58. The molecule has 2 fully saturated rings. The van der Waals surface area contributed by atoms with Gasteiger partial charge in [0.15, 0.2) is 6.29 Å². The standard InChI is InChI=1S/C16H22O2/c1-12-14-9-5-6-10-15(14)18-16(17-12)11-13-7-3-2-4-8-13/h2-4,7-8,12,14-16H,5-6,9-11H2,1H3. The van der Waals surface area contributed by atoms with Gasteiger partial charge < -0.3 is 9.47 Å². The molecular weight excluding hydrogens is 224 g/mol. The minimum atomic E-state index is -0.0539. The highest BCUT2D eigenvalue weighted by atomic mass is 16.7. The van der Waals surface area contributed by atoms with E-state index in [1.54, 1.807) is 0 Å². The topological polar surface area (TPSA) is 18.5 Å². The number of hydrogen-bond acceptors (Lipinski definition) is 2. The van der Waals surface area contributed by atoms with Crippen molar-refractivity contribution in [3.8, 4) is 0 Å². The number of fused-ring (bicyclic) bond motifs is 1. The van der Waals surface area contributed by atoms with E-state index < -0.39 is 0 Å². The van der Waals surface area contributed by atoms with Gasteiger partial charge in [0.1, 0.15) is 0 Å². The monoisotopic (exact) mass is 246 g/mol. The molecule has 4 unspecified atom stereocenters. The summed E-state index contributed by atoms with van der Waals surface area (Å²) < 4.78 is 12.2. The SMILES string of the molecule is CC1OC(Cc2ccccc2)OC2CCCCC12. The Bertz CT molecular complexity index is 376. The summed E-state index contributed by atoms with van der Waals surface area (Å²) in [6.07, 6.45) is 6.71. The maximum absolute atomic E-state index is 6.14. The van der Waals surface area contributed by atoms with Gasteiger partial charge in [0.05, 0.1) is 12.2 Å². The van der Waals surface area contributed by atoms with Crippen LogP contribution < -0.4 is 0 Å². The molecule has 2 aliphatic rings. The predicted octanol–water partition coefficient (Wildman–Crippen LogP) is 3.55. The maximum Gasteiger partial charge on any atom is 0.162 e. The average molecular weight is 246 g/mol. The highest BCUT2D eigenvalue weighted by molar-refractivity contribution is 5.15. The summed E-state index contributed by atoms with van der Waals surface area (Å²) in [5, 5.41) is 0. The third-order valence-corrected chi connectivity index (χ3v) is 4.29. The fourth-order valence-corrected chi connectivity index (χ4v) is 3.30. The van der Waals surface area contributed by atoms with E-state index in [4.69, 9.17) is 9.47 Å². The van der Waals surface area contributed by atoms with Crippen molar-refractivity contribution < 1.29 is 9.47 Å². The summed E-state index contributed by atoms with van der Waals surface area (Å²) in [7, 11) is 0. The van der Waals surface area contributed by atoms with Crippen molar-refractivity contribution in [3.05, 3.63) is 35.9 Å². The highest BCUT2D eigenvalue weighted by Crippen LogP contribution is 2.36. The number of rotatable bonds is 2. The van der Waals surface area contributed by atoms with E-state index in [0.717, 1.165) is 6.42 Å². The Morgan fingerprint density at radius 2 is 1.83 bits per heavy atom. The van der Waals surface area contributed by atoms with Crippen LogP contribution in [0, 0.1) is 5.92 Å². The minimum Gasteiger partial charge on any atom is -0.349 e. The van der Waals surface area contributed by atoms with Crippen molar-refractivity contribution in [3.63, 3.8) is 0 Å². The Hall–Kier alpha value is -0.860. The molecule has 18 heavy (non-hydrogen) atoms. The maximum atomic E-state index is 6.14. The van der Waals surface area contributed by atoms with Gasteiger partial charge in [0.2, 0.25) is 0 Å². The van der Waals surface area contributed by atoms with Crippen LogP contribution >= 0.6 is 0 Å². The third kappa shape index (κ3) is 2.60. The lowest BCUT2D eigenvalue weighted by molar-refractivity contribution is -0.270. The second kappa shape index (κ2) is 5.41. The smallest absolute Gasteiger partial charge is 0.162 e. The molecule has 1 heterocycles. The summed E-state index contributed by atoms with van der Waals surface area (Å²) in [4.78, 5) is 0. The van der Waals surface area contributed by atoms with Crippen molar-refractivity contribution in [1.82, 2.24) is 0 Å². The van der Waals surface area contributed by atoms with Crippen LogP contribution in [-0.2, 0) is 15.9 Å². The van der Waals surface area contributed by atoms with Gasteiger partial charge in [-0.15, -0.1) is 0 Å². The molecule has 3 rings (SSSR count). The van der Waals surface area contributed by atoms with Crippen molar-refractivity contribution in [2.45, 2.75) is 57.5 Å². The van der Waals surface area contributed by atoms with Crippen LogP contribution in [0.2, 0.25) is 0 Å². The summed E-state index contributed by atoms with van der Waals surface area (Å²) in [5.41, 5.74) is 1.30. The highest BCUT2D eigenvalue weighted by Gasteiger charge is 2.38. The molecule has 1 aliphatic heterocycles. The largest absolute Gasteiger partial charge is 0.349 e. The molecule has 2 nitrogen and oxygen atoms in total. The first-order valence-corrected chi connectivity index (χ1v) is 7.18. The number of benzene rings is 1. The van der Waals surface area contributed by atoms with E-state index >= 15 is 0 Å². The molecule has 0 bridgehead atoms. The molecule has 0 N–H and O–H groups in total. The first kappa shape index (κ1) is 12.2. The van der Waals surface area contributed by atoms with Gasteiger partial charge in [-0.2, -0.15) is 0 Å². The van der Waals surface area contributed by atoms with E-state index in [9.17, 15) is 0 Å². The van der Waals surface area contributed by atoms with Crippen molar-refractivity contribution >= 4 is 0 Å². The van der Waals surface area contributed by atoms with E-state index in [0.29, 0.717) is 18.1 Å². The van der Waals surface area contributed by atoms with Gasteiger partial charge in [-0.3, -0.25) is 0 Å². The van der Waals surface area contributed by atoms with Gasteiger partial charge in [-0.1, -0.05) is 43.2 Å². The van der Waals surface area contributed by atoms with Crippen molar-refractivity contribution in [2.24, 2.45) is 5.92 Å². The Labute approximate surface area is 109 Å². The molecule has 1 saturated heterocycles. The Morgan fingerprint density at radius 3 is 2.67 bits per heavy atom. The zero-order valence-electron chi connectivity index (χ0n) is 11.0. The zero-order chi connectivity index (χ0) is 12.4. The van der Waals surface area contributed by atoms with Crippen LogP contribution in [0.4, 0.5) is 0 Å². The molecule has 0 spiro atoms. The second-order valence-corrected chi connectivity index (χ2v) is 5.58. The van der Waals surface area contributed by atoms with E-state index in [-0.39, 0.29) is 6.29 Å². The molecular formula is C16H22O2. The normalized spacial score (nSPS) is 36.1. The summed E-state index contributed by atoms with van der Waals surface area (Å²) >= 11 is 0. The molecule has 2 heteroatoms. The first-order chi connectivity index (χ1) is 8.83. The molecule has 1 saturated carbocycles. The van der Waals surface area contributed by atoms with Crippen LogP contribution in [0.5, 0.6) is 0 Å². The molecule has 98 valence electrons. The van der Waals surface area contributed by atoms with Crippen LogP contribution in [0.1, 0.15) is 38.2 Å². The third-order valence-electron chi connectivity index (χ3n) is 4.29. The molecule has 1 aromatic carbocycles. The minimum absolute atomic E-state index is 0.0539. The lowest BCUT2D eigenvalue weighted by Crippen LogP contribution is -2.47. The van der Waals surface area contributed by atoms with Crippen molar-refractivity contribution in [2.75, 3.05) is 0 Å². The van der Waals surface area contributed by atoms with E-state index in [2.05, 4.69) is 31.2 Å². The van der Waals surface area contributed by atoms with Crippen LogP contribution in [0.25, 0.3) is 0 Å². The van der Waals surface area contributed by atoms with Crippen LogP contribution in [0.15, 0.2) is 30.3 Å². The Kier molecular flexibility index (Phi) is 3.67. The quantitative estimate of drug-likeness (QED) is 0.794. The van der Waals surface area contributed by atoms with Gasteiger partial charge in [0.25, 0.3) is 0 Å². The first-order valence-electron chi connectivity index (χ1n) is 7.18. The number of hydrogen-bond donors (Lipinski definition) is 0. The van der Waals surface area contributed by atoms with Crippen LogP contribution in [0.3, 0.4) is 0 Å². The van der Waals surface area contributed by atoms with Crippen molar-refractivity contribution in [1.29, 1.82) is 0 Å². The van der Waals surface area contributed by atoms with Gasteiger partial charge in [0, 0.05) is 12.3 Å². The predicted molar refractivity (Wildman–Crippen MR) is 71.3 cm³/mol. The number of ether oxygens (including phenoxy) is 2. The molecule has 0 radical (unpaired) electrons. The molecule has 0 aromatic heterocycles. The fraction of sp³-hybridized carbons (Fsp3) is 0.625. The lowest BCUT2D eigenvalue weighted by Gasteiger charge is -2.43. The average Bonchev–Trinajstić information content (AvgIpc) is 2.40. The summed E-state index contributed by atoms with van der Waals surface area (Å²) in [5.74, 6) is 0.616. The Balaban J connectivity index is 1.64. The summed E-state index contributed by atoms with van der Waals surface area (Å²) in [6, 6.07) is 10.5. The fourth-order valence-electron chi connectivity index (χ4n) is 3.30. The molecule has 0 amide bonds. The van der Waals surface area contributed by atoms with Gasteiger partial charge in [-0.25, -0.2) is 0 Å². The van der Waals surface area contributed by atoms with E-state index in [1.165, 1.54) is 31.2 Å². The Morgan fingerprint density at radius 1 is 1.06 bits per heavy atom. The van der Waals surface area contributed by atoms with Gasteiger partial charge >= 0.3 is 0 Å². The van der Waals surface area contributed by atoms with Crippen LogP contribution in [-0.4, -0.2) is 18.5 Å².